The van der Waals surface area contributed by atoms with Gasteiger partial charge in [-0.2, -0.15) is 5.26 Å². The molecule has 0 aliphatic carbocycles. The third-order valence-electron chi connectivity index (χ3n) is 2.22. The second-order valence-electron chi connectivity index (χ2n) is 3.38. The van der Waals surface area contributed by atoms with E-state index in [-0.39, 0.29) is 6.42 Å². The molecular weight excluding hydrogens is 197 g/mol. The summed E-state index contributed by atoms with van der Waals surface area (Å²) in [5, 5.41) is 27.4. The molecule has 0 saturated carbocycles. The maximum absolute atomic E-state index is 12.8. The molecule has 0 aromatic heterocycles. The highest BCUT2D eigenvalue weighted by molar-refractivity contribution is 5.29. The smallest absolute Gasteiger partial charge is 0.123 e. The number of aliphatic hydroxyl groups excluding tert-OH is 2. The first-order valence-corrected chi connectivity index (χ1v) is 4.55. The Bertz CT molecular complexity index is 387. The van der Waals surface area contributed by atoms with E-state index in [9.17, 15) is 14.6 Å². The standard InChI is InChI=1S/C11H12FNO2/c1-7-6-8(12)2-3-9(7)11(15)10(14)4-5-13/h2-3,6,10-11,14-15H,4H2,1H3. The van der Waals surface area contributed by atoms with E-state index in [1.807, 2.05) is 0 Å². The van der Waals surface area contributed by atoms with Gasteiger partial charge in [-0.3, -0.25) is 0 Å². The van der Waals surface area contributed by atoms with Crippen LogP contribution in [0.1, 0.15) is 23.7 Å². The lowest BCUT2D eigenvalue weighted by molar-refractivity contribution is 0.0212. The Hall–Kier alpha value is -1.44. The Morgan fingerprint density at radius 2 is 2.13 bits per heavy atom. The lowest BCUT2D eigenvalue weighted by Gasteiger charge is -2.17. The van der Waals surface area contributed by atoms with Gasteiger partial charge in [-0.1, -0.05) is 6.07 Å². The fourth-order valence-corrected chi connectivity index (χ4v) is 1.38. The number of nitrogens with zero attached hydrogens (tertiary/aromatic N) is 1. The van der Waals surface area contributed by atoms with E-state index in [2.05, 4.69) is 0 Å². The predicted octanol–water partition coefficient (Wildman–Crippen LogP) is 1.44. The summed E-state index contributed by atoms with van der Waals surface area (Å²) in [5.41, 5.74) is 0.999. The topological polar surface area (TPSA) is 64.2 Å². The highest BCUT2D eigenvalue weighted by Crippen LogP contribution is 2.22. The number of aliphatic hydroxyl groups is 2. The van der Waals surface area contributed by atoms with Crippen LogP contribution in [0, 0.1) is 24.1 Å². The normalized spacial score (nSPS) is 14.3. The molecule has 0 amide bonds. The van der Waals surface area contributed by atoms with Crippen molar-refractivity contribution in [2.24, 2.45) is 0 Å². The van der Waals surface area contributed by atoms with Crippen molar-refractivity contribution in [1.29, 1.82) is 5.26 Å². The summed E-state index contributed by atoms with van der Waals surface area (Å²) in [5.74, 6) is -0.391. The highest BCUT2D eigenvalue weighted by atomic mass is 19.1. The summed E-state index contributed by atoms with van der Waals surface area (Å²) in [6.45, 7) is 1.64. The van der Waals surface area contributed by atoms with Gasteiger partial charge in [0, 0.05) is 0 Å². The Kier molecular flexibility index (Phi) is 3.78. The van der Waals surface area contributed by atoms with Crippen LogP contribution in [-0.2, 0) is 0 Å². The molecule has 3 nitrogen and oxygen atoms in total. The van der Waals surface area contributed by atoms with Crippen LogP contribution in [-0.4, -0.2) is 16.3 Å². The highest BCUT2D eigenvalue weighted by Gasteiger charge is 2.19. The summed E-state index contributed by atoms with van der Waals surface area (Å²) in [4.78, 5) is 0. The first-order valence-electron chi connectivity index (χ1n) is 4.55. The van der Waals surface area contributed by atoms with Gasteiger partial charge in [0.25, 0.3) is 0 Å². The van der Waals surface area contributed by atoms with Crippen LogP contribution in [0.25, 0.3) is 0 Å². The van der Waals surface area contributed by atoms with Crippen LogP contribution in [0.4, 0.5) is 4.39 Å². The van der Waals surface area contributed by atoms with E-state index in [1.165, 1.54) is 18.2 Å². The lowest BCUT2D eigenvalue weighted by Crippen LogP contribution is -2.18. The minimum absolute atomic E-state index is 0.155. The molecule has 0 saturated heterocycles. The minimum Gasteiger partial charge on any atom is -0.389 e. The van der Waals surface area contributed by atoms with Crippen molar-refractivity contribution >= 4 is 0 Å². The molecule has 1 aromatic carbocycles. The van der Waals surface area contributed by atoms with Gasteiger partial charge in [0.1, 0.15) is 11.9 Å². The molecule has 15 heavy (non-hydrogen) atoms. The largest absolute Gasteiger partial charge is 0.389 e. The van der Waals surface area contributed by atoms with Crippen LogP contribution >= 0.6 is 0 Å². The number of hydrogen-bond donors (Lipinski definition) is 2. The molecule has 0 fully saturated rings. The Morgan fingerprint density at radius 1 is 1.47 bits per heavy atom. The number of aryl methyl sites for hydroxylation is 1. The molecule has 0 bridgehead atoms. The second-order valence-corrected chi connectivity index (χ2v) is 3.38. The van der Waals surface area contributed by atoms with Crippen molar-refractivity contribution in [3.63, 3.8) is 0 Å². The molecule has 80 valence electrons. The van der Waals surface area contributed by atoms with Crippen molar-refractivity contribution < 1.29 is 14.6 Å². The van der Waals surface area contributed by atoms with Crippen molar-refractivity contribution in [3.8, 4) is 6.07 Å². The third kappa shape index (κ3) is 2.75. The van der Waals surface area contributed by atoms with Gasteiger partial charge in [0.05, 0.1) is 18.6 Å². The maximum atomic E-state index is 12.8. The zero-order valence-electron chi connectivity index (χ0n) is 8.31. The zero-order valence-corrected chi connectivity index (χ0v) is 8.31. The molecule has 0 aliphatic rings. The van der Waals surface area contributed by atoms with E-state index in [0.29, 0.717) is 11.1 Å². The van der Waals surface area contributed by atoms with E-state index in [4.69, 9.17) is 5.26 Å². The van der Waals surface area contributed by atoms with Gasteiger partial charge < -0.3 is 10.2 Å². The van der Waals surface area contributed by atoms with Crippen LogP contribution in [0.5, 0.6) is 0 Å². The average Bonchev–Trinajstić information content (AvgIpc) is 2.17. The number of halogens is 1. The van der Waals surface area contributed by atoms with Crippen molar-refractivity contribution in [2.45, 2.75) is 25.6 Å². The first kappa shape index (κ1) is 11.6. The van der Waals surface area contributed by atoms with Gasteiger partial charge in [-0.05, 0) is 30.2 Å². The van der Waals surface area contributed by atoms with Gasteiger partial charge in [-0.15, -0.1) is 0 Å². The van der Waals surface area contributed by atoms with Gasteiger partial charge >= 0.3 is 0 Å². The minimum atomic E-state index is -1.15. The number of hydrogen-bond acceptors (Lipinski definition) is 3. The van der Waals surface area contributed by atoms with E-state index < -0.39 is 18.0 Å². The van der Waals surface area contributed by atoms with Gasteiger partial charge in [-0.25, -0.2) is 4.39 Å². The van der Waals surface area contributed by atoms with Gasteiger partial charge in [0.2, 0.25) is 0 Å². The molecule has 2 unspecified atom stereocenters. The molecule has 4 heteroatoms. The van der Waals surface area contributed by atoms with E-state index >= 15 is 0 Å². The fourth-order valence-electron chi connectivity index (χ4n) is 1.38. The fraction of sp³-hybridized carbons (Fsp3) is 0.364. The Balaban J connectivity index is 2.91. The number of rotatable bonds is 3. The summed E-state index contributed by atoms with van der Waals surface area (Å²) >= 11 is 0. The Morgan fingerprint density at radius 3 is 2.67 bits per heavy atom. The summed E-state index contributed by atoms with van der Waals surface area (Å²) in [6.07, 6.45) is -2.44. The van der Waals surface area contributed by atoms with Crippen LogP contribution < -0.4 is 0 Å². The van der Waals surface area contributed by atoms with Crippen LogP contribution in [0.2, 0.25) is 0 Å². The molecule has 0 spiro atoms. The summed E-state index contributed by atoms with van der Waals surface area (Å²) < 4.78 is 12.8. The van der Waals surface area contributed by atoms with Crippen molar-refractivity contribution in [2.75, 3.05) is 0 Å². The molecule has 0 radical (unpaired) electrons. The van der Waals surface area contributed by atoms with Crippen LogP contribution in [0.3, 0.4) is 0 Å². The Labute approximate surface area is 87.4 Å². The lowest BCUT2D eigenvalue weighted by atomic mass is 9.98. The number of benzene rings is 1. The molecule has 1 rings (SSSR count). The van der Waals surface area contributed by atoms with Crippen molar-refractivity contribution in [3.05, 3.63) is 35.1 Å². The molecule has 2 atom stereocenters. The zero-order chi connectivity index (χ0) is 11.4. The molecule has 1 aromatic rings. The molecular formula is C11H12FNO2. The summed E-state index contributed by atoms with van der Waals surface area (Å²) in [6, 6.07) is 5.67. The molecule has 2 N–H and O–H groups in total. The SMILES string of the molecule is Cc1cc(F)ccc1C(O)C(O)CC#N. The maximum Gasteiger partial charge on any atom is 0.123 e. The quantitative estimate of drug-likeness (QED) is 0.791. The predicted molar refractivity (Wildman–Crippen MR) is 52.3 cm³/mol. The molecule has 0 heterocycles. The monoisotopic (exact) mass is 209 g/mol. The van der Waals surface area contributed by atoms with E-state index in [0.717, 1.165) is 0 Å². The molecule has 0 aliphatic heterocycles. The number of nitriles is 1. The van der Waals surface area contributed by atoms with Crippen LogP contribution in [0.15, 0.2) is 18.2 Å². The second kappa shape index (κ2) is 4.87. The van der Waals surface area contributed by atoms with Crippen molar-refractivity contribution in [1.82, 2.24) is 0 Å². The average molecular weight is 209 g/mol. The van der Waals surface area contributed by atoms with E-state index in [1.54, 1.807) is 13.0 Å². The summed E-state index contributed by atoms with van der Waals surface area (Å²) in [7, 11) is 0. The first-order chi connectivity index (χ1) is 7.06. The third-order valence-corrected chi connectivity index (χ3v) is 2.22. The van der Waals surface area contributed by atoms with Gasteiger partial charge in [0.15, 0.2) is 0 Å².